The summed E-state index contributed by atoms with van der Waals surface area (Å²) in [5.41, 5.74) is 2.20. The van der Waals surface area contributed by atoms with E-state index in [9.17, 15) is 14.7 Å². The van der Waals surface area contributed by atoms with E-state index in [-0.39, 0.29) is 17.1 Å². The molecule has 1 N–H and O–H groups in total. The fraction of sp³-hybridized carbons (Fsp3) is 0.179. The van der Waals surface area contributed by atoms with E-state index in [2.05, 4.69) is 4.99 Å². The monoisotopic (exact) mass is 626 g/mol. The molecule has 1 aliphatic heterocycles. The van der Waals surface area contributed by atoms with Crippen LogP contribution in [0.2, 0.25) is 0 Å². The van der Waals surface area contributed by atoms with Crippen LogP contribution in [0.15, 0.2) is 69.6 Å². The van der Waals surface area contributed by atoms with Crippen molar-refractivity contribution in [2.24, 2.45) is 4.99 Å². The van der Waals surface area contributed by atoms with Crippen molar-refractivity contribution < 1.29 is 19.4 Å². The van der Waals surface area contributed by atoms with E-state index >= 15 is 0 Å². The topological polar surface area (TPSA) is 90.1 Å². The maximum absolute atomic E-state index is 13.9. The number of aromatic nitrogens is 1. The number of aromatic hydroxyl groups is 1. The highest BCUT2D eigenvalue weighted by Crippen LogP contribution is 2.40. The summed E-state index contributed by atoms with van der Waals surface area (Å²) in [7, 11) is 3.06. The molecule has 0 aliphatic carbocycles. The number of hydrogen-bond acceptors (Lipinski definition) is 7. The summed E-state index contributed by atoms with van der Waals surface area (Å²) in [6.07, 6.45) is 1.75. The van der Waals surface area contributed by atoms with Crippen molar-refractivity contribution in [1.29, 1.82) is 0 Å². The highest BCUT2D eigenvalue weighted by molar-refractivity contribution is 14.1. The molecule has 9 heteroatoms. The Balaban J connectivity index is 1.84. The molecule has 7 nitrogen and oxygen atoms in total. The summed E-state index contributed by atoms with van der Waals surface area (Å²) in [5.74, 6) is 0.795. The number of ether oxygens (including phenoxy) is 2. The number of ketones is 1. The van der Waals surface area contributed by atoms with Gasteiger partial charge in [0.1, 0.15) is 5.75 Å². The van der Waals surface area contributed by atoms with Gasteiger partial charge < -0.3 is 14.6 Å². The average Bonchev–Trinajstić information content (AvgIpc) is 3.18. The van der Waals surface area contributed by atoms with Crippen molar-refractivity contribution in [2.45, 2.75) is 19.9 Å². The lowest BCUT2D eigenvalue weighted by Crippen LogP contribution is -2.39. The fourth-order valence-electron chi connectivity index (χ4n) is 4.76. The zero-order valence-corrected chi connectivity index (χ0v) is 23.5. The molecule has 0 bridgehead atoms. The number of carbonyl (C=O) groups is 1. The summed E-state index contributed by atoms with van der Waals surface area (Å²) in [6, 6.07) is 14.4. The number of rotatable bonds is 5. The second kappa shape index (κ2) is 9.79. The van der Waals surface area contributed by atoms with Gasteiger partial charge in [-0.05, 0) is 77.0 Å². The number of phenolic OH excluding ortho intramolecular Hbond substituents is 1. The van der Waals surface area contributed by atoms with Gasteiger partial charge in [-0.2, -0.15) is 0 Å². The van der Waals surface area contributed by atoms with Crippen LogP contribution in [0.4, 0.5) is 0 Å². The van der Waals surface area contributed by atoms with Gasteiger partial charge in [0.25, 0.3) is 5.56 Å². The van der Waals surface area contributed by atoms with Crippen LogP contribution in [0.3, 0.4) is 0 Å². The summed E-state index contributed by atoms with van der Waals surface area (Å²) in [5, 5.41) is 12.1. The predicted molar refractivity (Wildman–Crippen MR) is 152 cm³/mol. The van der Waals surface area contributed by atoms with Crippen LogP contribution in [-0.4, -0.2) is 29.7 Å². The number of Topliss-reactive ketones (excluding diaryl/α,β-unsaturated/α-hetero) is 1. The Bertz CT molecular complexity index is 1800. The molecule has 4 aromatic rings. The first-order chi connectivity index (χ1) is 17.7. The van der Waals surface area contributed by atoms with E-state index in [0.717, 1.165) is 16.3 Å². The maximum atomic E-state index is 13.9. The standard InChI is InChI=1S/C28H23IN2O5S/c1-14-23(15(2)32)25(24-18-8-6-5-7-17(18)9-10-20(24)35-3)31-27(34)22(37-28(31)30-14)13-16-11-19(29)26(33)21(12-16)36-4/h5-13,25,33H,1-4H3. The van der Waals surface area contributed by atoms with Crippen molar-refractivity contribution in [3.8, 4) is 17.2 Å². The van der Waals surface area contributed by atoms with Gasteiger partial charge in [0, 0.05) is 16.8 Å². The van der Waals surface area contributed by atoms with Crippen LogP contribution in [-0.2, 0) is 4.79 Å². The Hall–Kier alpha value is -3.44. The predicted octanol–water partition coefficient (Wildman–Crippen LogP) is 4.30. The Morgan fingerprint density at radius 3 is 2.57 bits per heavy atom. The minimum atomic E-state index is -0.702. The molecule has 0 radical (unpaired) electrons. The van der Waals surface area contributed by atoms with E-state index in [1.165, 1.54) is 25.4 Å². The lowest BCUT2D eigenvalue weighted by atomic mass is 9.89. The molecule has 0 fully saturated rings. The van der Waals surface area contributed by atoms with Gasteiger partial charge in [0.2, 0.25) is 0 Å². The molecule has 1 aliphatic rings. The third-order valence-corrected chi connectivity index (χ3v) is 8.20. The Morgan fingerprint density at radius 1 is 1.14 bits per heavy atom. The lowest BCUT2D eigenvalue weighted by molar-refractivity contribution is -0.114. The van der Waals surface area contributed by atoms with Crippen molar-refractivity contribution in [3.63, 3.8) is 0 Å². The number of halogens is 1. The van der Waals surface area contributed by atoms with Crippen molar-refractivity contribution in [2.75, 3.05) is 14.2 Å². The largest absolute Gasteiger partial charge is 0.504 e. The molecular weight excluding hydrogens is 603 g/mol. The van der Waals surface area contributed by atoms with Crippen LogP contribution < -0.4 is 24.4 Å². The number of carbonyl (C=O) groups excluding carboxylic acids is 1. The Labute approximate surface area is 230 Å². The SMILES string of the molecule is COc1cc(C=c2sc3n(c2=O)C(c2c(OC)ccc4ccccc24)C(C(C)=O)=C(C)N=3)cc(I)c1O. The van der Waals surface area contributed by atoms with Crippen LogP contribution in [0.25, 0.3) is 16.8 Å². The summed E-state index contributed by atoms with van der Waals surface area (Å²) in [4.78, 5) is 32.1. The second-order valence-electron chi connectivity index (χ2n) is 8.59. The minimum absolute atomic E-state index is 0.0477. The first kappa shape index (κ1) is 25.2. The van der Waals surface area contributed by atoms with E-state index in [4.69, 9.17) is 9.47 Å². The molecule has 1 aromatic heterocycles. The first-order valence-electron chi connectivity index (χ1n) is 11.4. The smallest absolute Gasteiger partial charge is 0.271 e. The summed E-state index contributed by atoms with van der Waals surface area (Å²) < 4.78 is 13.7. The van der Waals surface area contributed by atoms with Crippen LogP contribution in [0.1, 0.15) is 31.0 Å². The average molecular weight is 626 g/mol. The van der Waals surface area contributed by atoms with Crippen molar-refractivity contribution >= 4 is 56.6 Å². The molecule has 0 amide bonds. The molecule has 188 valence electrons. The zero-order chi connectivity index (χ0) is 26.4. The molecule has 0 saturated heterocycles. The number of thiazole rings is 1. The first-order valence-corrected chi connectivity index (χ1v) is 13.3. The van der Waals surface area contributed by atoms with Crippen LogP contribution in [0, 0.1) is 3.57 Å². The number of nitrogens with zero attached hydrogens (tertiary/aromatic N) is 2. The highest BCUT2D eigenvalue weighted by atomic mass is 127. The third kappa shape index (κ3) is 4.25. The third-order valence-electron chi connectivity index (χ3n) is 6.39. The number of hydrogen-bond donors (Lipinski definition) is 1. The van der Waals surface area contributed by atoms with Gasteiger partial charge in [-0.25, -0.2) is 4.99 Å². The van der Waals surface area contributed by atoms with E-state index in [1.807, 2.05) is 59.0 Å². The zero-order valence-electron chi connectivity index (χ0n) is 20.5. The number of allylic oxidation sites excluding steroid dienone is 2. The van der Waals surface area contributed by atoms with E-state index < -0.39 is 6.04 Å². The van der Waals surface area contributed by atoms with Gasteiger partial charge in [0.15, 0.2) is 22.1 Å². The molecule has 2 heterocycles. The second-order valence-corrected chi connectivity index (χ2v) is 10.8. The molecule has 0 spiro atoms. The van der Waals surface area contributed by atoms with Crippen LogP contribution >= 0.6 is 33.9 Å². The molecule has 5 rings (SSSR count). The highest BCUT2D eigenvalue weighted by Gasteiger charge is 2.33. The molecule has 0 saturated carbocycles. The molecule has 37 heavy (non-hydrogen) atoms. The Kier molecular flexibility index (Phi) is 6.67. The van der Waals surface area contributed by atoms with Gasteiger partial charge in [0.05, 0.1) is 28.4 Å². The van der Waals surface area contributed by atoms with Gasteiger partial charge in [-0.1, -0.05) is 41.7 Å². The number of phenols is 1. The van der Waals surface area contributed by atoms with Crippen LogP contribution in [0.5, 0.6) is 17.2 Å². The van der Waals surface area contributed by atoms with E-state index in [1.54, 1.807) is 36.8 Å². The summed E-state index contributed by atoms with van der Waals surface area (Å²) in [6.45, 7) is 3.30. The van der Waals surface area contributed by atoms with Crippen molar-refractivity contribution in [3.05, 3.63) is 94.2 Å². The number of benzene rings is 3. The number of fused-ring (bicyclic) bond motifs is 2. The Morgan fingerprint density at radius 2 is 1.86 bits per heavy atom. The lowest BCUT2D eigenvalue weighted by Gasteiger charge is -2.27. The van der Waals surface area contributed by atoms with Gasteiger partial charge >= 0.3 is 0 Å². The molecule has 1 atom stereocenters. The van der Waals surface area contributed by atoms with Crippen molar-refractivity contribution in [1.82, 2.24) is 4.57 Å². The fourth-order valence-corrected chi connectivity index (χ4v) is 6.44. The van der Waals surface area contributed by atoms with E-state index in [0.29, 0.717) is 41.2 Å². The normalized spacial score (nSPS) is 15.5. The number of methoxy groups -OCH3 is 2. The minimum Gasteiger partial charge on any atom is -0.504 e. The quantitative estimate of drug-likeness (QED) is 0.334. The van der Waals surface area contributed by atoms with Gasteiger partial charge in [-0.3, -0.25) is 14.2 Å². The molecule has 3 aromatic carbocycles. The molecule has 1 unspecified atom stereocenters. The molecular formula is C28H23IN2O5S. The van der Waals surface area contributed by atoms with Gasteiger partial charge in [-0.15, -0.1) is 0 Å². The maximum Gasteiger partial charge on any atom is 0.271 e. The summed E-state index contributed by atoms with van der Waals surface area (Å²) >= 11 is 3.27.